The standard InChI is InChI=1S/C34H60N2O4/c1-2-3-4-5-11-14-17-30(32(38)39)23-31(37)18-15-12-9-7-6-8-10-13-16-19-35-33(40)36-34-24-27-20-28(25-34)22-29(21-27)26-34/h27-30H,2-26H2,1H3,(H,38,39)(H2,35,36,40). The van der Waals surface area contributed by atoms with E-state index in [1.807, 2.05) is 0 Å². The van der Waals surface area contributed by atoms with Crippen molar-refractivity contribution in [2.24, 2.45) is 23.7 Å². The second-order valence-corrected chi connectivity index (χ2v) is 13.8. The molecule has 1 unspecified atom stereocenters. The molecule has 40 heavy (non-hydrogen) atoms. The third-order valence-corrected chi connectivity index (χ3v) is 10.1. The average Bonchev–Trinajstić information content (AvgIpc) is 2.89. The van der Waals surface area contributed by atoms with Crippen LogP contribution in [0.25, 0.3) is 0 Å². The molecule has 0 aromatic heterocycles. The van der Waals surface area contributed by atoms with E-state index in [9.17, 15) is 19.5 Å². The first kappa shape index (κ1) is 32.9. The van der Waals surface area contributed by atoms with Gasteiger partial charge in [0.15, 0.2) is 0 Å². The van der Waals surface area contributed by atoms with Gasteiger partial charge >= 0.3 is 12.0 Å². The smallest absolute Gasteiger partial charge is 0.315 e. The highest BCUT2D eigenvalue weighted by Crippen LogP contribution is 2.55. The van der Waals surface area contributed by atoms with E-state index in [-0.39, 0.29) is 23.8 Å². The van der Waals surface area contributed by atoms with Gasteiger partial charge in [-0.1, -0.05) is 90.4 Å². The zero-order chi connectivity index (χ0) is 28.6. The van der Waals surface area contributed by atoms with Crippen molar-refractivity contribution >= 4 is 17.8 Å². The minimum absolute atomic E-state index is 0.0525. The highest BCUT2D eigenvalue weighted by molar-refractivity contribution is 5.83. The van der Waals surface area contributed by atoms with E-state index in [4.69, 9.17) is 0 Å². The van der Waals surface area contributed by atoms with Crippen molar-refractivity contribution in [3.05, 3.63) is 0 Å². The first-order chi connectivity index (χ1) is 19.4. The number of hydrogen-bond donors (Lipinski definition) is 3. The number of nitrogens with one attached hydrogen (secondary N) is 2. The topological polar surface area (TPSA) is 95.5 Å². The Morgan fingerprint density at radius 2 is 1.23 bits per heavy atom. The lowest BCUT2D eigenvalue weighted by atomic mass is 9.53. The summed E-state index contributed by atoms with van der Waals surface area (Å²) >= 11 is 0. The Labute approximate surface area is 244 Å². The summed E-state index contributed by atoms with van der Waals surface area (Å²) in [6.07, 6.45) is 26.2. The lowest BCUT2D eigenvalue weighted by Gasteiger charge is -2.56. The number of Topliss-reactive ketones (excluding diaryl/α,β-unsaturated/α-hetero) is 1. The van der Waals surface area contributed by atoms with E-state index in [0.717, 1.165) is 69.2 Å². The number of unbranched alkanes of at least 4 members (excludes halogenated alkanes) is 13. The molecule has 4 rings (SSSR count). The van der Waals surface area contributed by atoms with E-state index in [0.29, 0.717) is 12.8 Å². The van der Waals surface area contributed by atoms with Crippen LogP contribution in [0.1, 0.15) is 161 Å². The molecule has 4 fully saturated rings. The van der Waals surface area contributed by atoms with Gasteiger partial charge in [0.1, 0.15) is 5.78 Å². The largest absolute Gasteiger partial charge is 0.481 e. The molecule has 0 aliphatic heterocycles. The normalized spacial score (nSPS) is 25.6. The van der Waals surface area contributed by atoms with Gasteiger partial charge in [0.25, 0.3) is 0 Å². The molecule has 0 spiro atoms. The molecule has 3 N–H and O–H groups in total. The van der Waals surface area contributed by atoms with Crippen molar-refractivity contribution in [2.75, 3.05) is 6.54 Å². The molecule has 230 valence electrons. The van der Waals surface area contributed by atoms with Crippen molar-refractivity contribution < 1.29 is 19.5 Å². The molecule has 4 saturated carbocycles. The molecule has 0 heterocycles. The second kappa shape index (κ2) is 18.1. The maximum Gasteiger partial charge on any atom is 0.315 e. The molecule has 4 aliphatic rings. The van der Waals surface area contributed by atoms with Crippen molar-refractivity contribution in [1.29, 1.82) is 0 Å². The van der Waals surface area contributed by atoms with Gasteiger partial charge in [0, 0.05) is 24.9 Å². The van der Waals surface area contributed by atoms with Gasteiger partial charge < -0.3 is 15.7 Å². The Morgan fingerprint density at radius 1 is 0.725 bits per heavy atom. The van der Waals surface area contributed by atoms with Crippen molar-refractivity contribution in [3.8, 4) is 0 Å². The Kier molecular flexibility index (Phi) is 14.9. The maximum atomic E-state index is 12.5. The third-order valence-electron chi connectivity index (χ3n) is 10.1. The summed E-state index contributed by atoms with van der Waals surface area (Å²) in [5, 5.41) is 16.0. The van der Waals surface area contributed by atoms with Crippen LogP contribution in [0, 0.1) is 23.7 Å². The van der Waals surface area contributed by atoms with Gasteiger partial charge in [-0.2, -0.15) is 0 Å². The van der Waals surface area contributed by atoms with Gasteiger partial charge in [0.2, 0.25) is 0 Å². The fraction of sp³-hybridized carbons (Fsp3) is 0.912. The summed E-state index contributed by atoms with van der Waals surface area (Å²) in [7, 11) is 0. The zero-order valence-corrected chi connectivity index (χ0v) is 25.7. The lowest BCUT2D eigenvalue weighted by Crippen LogP contribution is -2.61. The van der Waals surface area contributed by atoms with Crippen molar-refractivity contribution in [2.45, 2.75) is 167 Å². The quantitative estimate of drug-likeness (QED) is 0.109. The molecular weight excluding hydrogens is 500 g/mol. The molecule has 6 heteroatoms. The van der Waals surface area contributed by atoms with Gasteiger partial charge in [-0.05, 0) is 75.5 Å². The van der Waals surface area contributed by atoms with Crippen molar-refractivity contribution in [1.82, 2.24) is 10.6 Å². The lowest BCUT2D eigenvalue weighted by molar-refractivity contribution is -0.144. The molecule has 1 atom stereocenters. The molecule has 2 amide bonds. The van der Waals surface area contributed by atoms with Gasteiger partial charge in [-0.3, -0.25) is 9.59 Å². The monoisotopic (exact) mass is 560 g/mol. The molecule has 4 aliphatic carbocycles. The van der Waals surface area contributed by atoms with Crippen LogP contribution in [0.3, 0.4) is 0 Å². The van der Waals surface area contributed by atoms with Crippen LogP contribution in [0.15, 0.2) is 0 Å². The van der Waals surface area contributed by atoms with Gasteiger partial charge in [-0.15, -0.1) is 0 Å². The van der Waals surface area contributed by atoms with E-state index >= 15 is 0 Å². The van der Waals surface area contributed by atoms with E-state index in [1.54, 1.807) is 0 Å². The van der Waals surface area contributed by atoms with Crippen LogP contribution in [0.4, 0.5) is 4.79 Å². The molecular formula is C34H60N2O4. The van der Waals surface area contributed by atoms with E-state index < -0.39 is 11.9 Å². The molecule has 0 aromatic rings. The SMILES string of the molecule is CCCCCCCCC(CC(=O)CCCCCCCCCCCNC(=O)NC12CC3CC(CC(C3)C1)C2)C(=O)O. The fourth-order valence-electron chi connectivity index (χ4n) is 8.30. The van der Waals surface area contributed by atoms with Crippen LogP contribution in [-0.4, -0.2) is 35.0 Å². The number of carboxylic acids is 1. The highest BCUT2D eigenvalue weighted by atomic mass is 16.4. The fourth-order valence-corrected chi connectivity index (χ4v) is 8.30. The number of hydrogen-bond acceptors (Lipinski definition) is 3. The molecule has 4 bridgehead atoms. The number of urea groups is 1. The van der Waals surface area contributed by atoms with Crippen LogP contribution < -0.4 is 10.6 Å². The summed E-state index contributed by atoms with van der Waals surface area (Å²) < 4.78 is 0. The number of carbonyl (C=O) groups is 3. The Morgan fingerprint density at radius 3 is 1.77 bits per heavy atom. The number of carbonyl (C=O) groups excluding carboxylic acids is 2. The minimum Gasteiger partial charge on any atom is -0.481 e. The number of rotatable bonds is 23. The minimum atomic E-state index is -0.807. The van der Waals surface area contributed by atoms with E-state index in [1.165, 1.54) is 89.9 Å². The molecule has 6 nitrogen and oxygen atoms in total. The first-order valence-electron chi connectivity index (χ1n) is 17.2. The Bertz CT molecular complexity index is 732. The highest BCUT2D eigenvalue weighted by Gasteiger charge is 2.51. The van der Waals surface area contributed by atoms with Gasteiger partial charge in [0.05, 0.1) is 5.92 Å². The predicted octanol–water partition coefficient (Wildman–Crippen LogP) is 8.57. The average molecular weight is 561 g/mol. The summed E-state index contributed by atoms with van der Waals surface area (Å²) in [6.45, 7) is 2.97. The van der Waals surface area contributed by atoms with E-state index in [2.05, 4.69) is 17.6 Å². The van der Waals surface area contributed by atoms with Crippen LogP contribution in [0.5, 0.6) is 0 Å². The zero-order valence-electron chi connectivity index (χ0n) is 25.7. The summed E-state index contributed by atoms with van der Waals surface area (Å²) in [5.74, 6) is 1.38. The first-order valence-corrected chi connectivity index (χ1v) is 17.2. The Balaban J connectivity index is 1.09. The summed E-state index contributed by atoms with van der Waals surface area (Å²) in [6, 6.07) is 0.0525. The number of amides is 2. The second-order valence-electron chi connectivity index (χ2n) is 13.8. The maximum absolute atomic E-state index is 12.5. The molecule has 0 radical (unpaired) electrons. The number of carboxylic acid groups (broad SMARTS) is 1. The third kappa shape index (κ3) is 12.1. The molecule has 0 aromatic carbocycles. The van der Waals surface area contributed by atoms with Crippen LogP contribution in [0.2, 0.25) is 0 Å². The van der Waals surface area contributed by atoms with Crippen LogP contribution in [-0.2, 0) is 9.59 Å². The predicted molar refractivity (Wildman–Crippen MR) is 162 cm³/mol. The Hall–Kier alpha value is -1.59. The molecule has 0 saturated heterocycles. The number of ketones is 1. The number of aliphatic carboxylic acids is 1. The summed E-state index contributed by atoms with van der Waals surface area (Å²) in [5.41, 5.74) is 0.0975. The van der Waals surface area contributed by atoms with Crippen molar-refractivity contribution in [3.63, 3.8) is 0 Å². The van der Waals surface area contributed by atoms with Gasteiger partial charge in [-0.25, -0.2) is 4.79 Å². The van der Waals surface area contributed by atoms with Crippen LogP contribution >= 0.6 is 0 Å². The summed E-state index contributed by atoms with van der Waals surface area (Å²) in [4.78, 5) is 36.4.